The maximum atomic E-state index is 12.5. The van der Waals surface area contributed by atoms with Crippen molar-refractivity contribution in [2.75, 3.05) is 0 Å². The number of rotatable bonds is 4. The number of pyridine rings is 1. The van der Waals surface area contributed by atoms with Gasteiger partial charge in [0, 0.05) is 16.3 Å². The first-order valence-corrected chi connectivity index (χ1v) is 11.0. The monoisotopic (exact) mass is 443 g/mol. The first-order valence-electron chi connectivity index (χ1n) is 11.0. The summed E-state index contributed by atoms with van der Waals surface area (Å²) in [6.45, 7) is 11.4. The quantitative estimate of drug-likeness (QED) is 0.346. The number of carbonyl (C=O) groups is 1. The van der Waals surface area contributed by atoms with Crippen LogP contribution in [0.4, 0.5) is 0 Å². The molecule has 170 valence electrons. The molecule has 0 saturated carbocycles. The van der Waals surface area contributed by atoms with Gasteiger partial charge in [-0.25, -0.2) is 9.78 Å². The molecule has 5 heteroatoms. The van der Waals surface area contributed by atoms with Gasteiger partial charge in [-0.2, -0.15) is 0 Å². The second kappa shape index (κ2) is 8.16. The molecule has 0 radical (unpaired) electrons. The topological polar surface area (TPSA) is 79.7 Å². The van der Waals surface area contributed by atoms with E-state index in [1.807, 2.05) is 90.1 Å². The predicted molar refractivity (Wildman–Crippen MR) is 132 cm³/mol. The third-order valence-electron chi connectivity index (χ3n) is 5.97. The van der Waals surface area contributed by atoms with Crippen molar-refractivity contribution in [1.29, 1.82) is 0 Å². The van der Waals surface area contributed by atoms with Crippen molar-refractivity contribution in [3.05, 3.63) is 70.8 Å². The number of aromatic nitrogens is 1. The molecule has 1 heterocycles. The van der Waals surface area contributed by atoms with Crippen LogP contribution in [-0.4, -0.2) is 26.8 Å². The Balaban J connectivity index is 2.21. The van der Waals surface area contributed by atoms with Crippen molar-refractivity contribution in [1.82, 2.24) is 4.98 Å². The molecule has 0 saturated heterocycles. The summed E-state index contributed by atoms with van der Waals surface area (Å²) in [5.74, 6) is -1.14. The van der Waals surface area contributed by atoms with Crippen molar-refractivity contribution >= 4 is 27.6 Å². The minimum atomic E-state index is -1.19. The van der Waals surface area contributed by atoms with E-state index in [0.717, 1.165) is 33.0 Å². The van der Waals surface area contributed by atoms with E-state index in [4.69, 9.17) is 4.74 Å². The lowest BCUT2D eigenvalue weighted by atomic mass is 9.84. The third-order valence-corrected chi connectivity index (χ3v) is 5.97. The molecular weight excluding hydrogens is 414 g/mol. The number of hydrogen-bond acceptors (Lipinski definition) is 4. The lowest BCUT2D eigenvalue weighted by Gasteiger charge is -2.29. The smallest absolute Gasteiger partial charge is 0.337 e. The number of fused-ring (bicyclic) bond motifs is 3. The highest BCUT2D eigenvalue weighted by Crippen LogP contribution is 2.44. The molecule has 1 atom stereocenters. The van der Waals surface area contributed by atoms with E-state index in [2.05, 4.69) is 4.98 Å². The average Bonchev–Trinajstić information content (AvgIpc) is 2.74. The molecule has 1 aromatic heterocycles. The van der Waals surface area contributed by atoms with Crippen LogP contribution in [0.1, 0.15) is 49.1 Å². The Kier molecular flexibility index (Phi) is 5.62. The van der Waals surface area contributed by atoms with Crippen LogP contribution in [0.2, 0.25) is 0 Å². The molecule has 0 spiro atoms. The fourth-order valence-corrected chi connectivity index (χ4v) is 4.55. The van der Waals surface area contributed by atoms with Gasteiger partial charge in [-0.3, -0.25) is 0 Å². The number of aliphatic carboxylic acids is 1. The molecule has 0 aliphatic heterocycles. The van der Waals surface area contributed by atoms with Gasteiger partial charge in [0.25, 0.3) is 0 Å². The fraction of sp³-hybridized carbons (Fsp3) is 0.286. The Labute approximate surface area is 193 Å². The van der Waals surface area contributed by atoms with Crippen LogP contribution in [0.25, 0.3) is 32.8 Å². The number of carboxylic acids is 1. The molecule has 0 bridgehead atoms. The Morgan fingerprint density at radius 3 is 2.12 bits per heavy atom. The summed E-state index contributed by atoms with van der Waals surface area (Å²) in [6, 6.07) is 15.7. The molecule has 0 amide bonds. The zero-order chi connectivity index (χ0) is 24.1. The lowest BCUT2D eigenvalue weighted by Crippen LogP contribution is -2.28. The Bertz CT molecular complexity index is 1380. The van der Waals surface area contributed by atoms with Crippen LogP contribution in [0.3, 0.4) is 0 Å². The lowest BCUT2D eigenvalue weighted by molar-refractivity contribution is -0.160. The van der Waals surface area contributed by atoms with Crippen LogP contribution >= 0.6 is 0 Å². The van der Waals surface area contributed by atoms with Crippen molar-refractivity contribution in [3.8, 4) is 17.0 Å². The van der Waals surface area contributed by atoms with Crippen molar-refractivity contribution < 1.29 is 19.7 Å². The van der Waals surface area contributed by atoms with Gasteiger partial charge >= 0.3 is 5.97 Å². The van der Waals surface area contributed by atoms with Gasteiger partial charge in [-0.05, 0) is 75.2 Å². The minimum Gasteiger partial charge on any atom is -0.493 e. The maximum absolute atomic E-state index is 12.5. The van der Waals surface area contributed by atoms with Gasteiger partial charge in [-0.15, -0.1) is 0 Å². The van der Waals surface area contributed by atoms with E-state index in [1.54, 1.807) is 0 Å². The summed E-state index contributed by atoms with van der Waals surface area (Å²) >= 11 is 0. The summed E-state index contributed by atoms with van der Waals surface area (Å²) in [4.78, 5) is 17.0. The normalized spacial score (nSPS) is 12.9. The molecule has 4 aromatic rings. The van der Waals surface area contributed by atoms with Gasteiger partial charge in [0.2, 0.25) is 5.88 Å². The first-order chi connectivity index (χ1) is 15.5. The zero-order valence-corrected chi connectivity index (χ0v) is 19.9. The van der Waals surface area contributed by atoms with E-state index in [1.165, 1.54) is 0 Å². The molecule has 3 aromatic carbocycles. The van der Waals surface area contributed by atoms with Gasteiger partial charge in [0.05, 0.1) is 11.1 Å². The van der Waals surface area contributed by atoms with Gasteiger partial charge < -0.3 is 14.9 Å². The molecule has 5 nitrogen and oxygen atoms in total. The highest BCUT2D eigenvalue weighted by Gasteiger charge is 2.33. The molecule has 0 fully saturated rings. The molecule has 0 aliphatic carbocycles. The highest BCUT2D eigenvalue weighted by atomic mass is 16.5. The Hall–Kier alpha value is -3.44. The third kappa shape index (κ3) is 4.05. The SMILES string of the molecule is Cc1ccc(-c2c([C@H](OC(C)(C)C)C(=O)O)c(C)c3nc(O)c4ccccc4c3c2C)cc1. The van der Waals surface area contributed by atoms with E-state index in [0.29, 0.717) is 22.0 Å². The van der Waals surface area contributed by atoms with Crippen LogP contribution in [-0.2, 0) is 9.53 Å². The Morgan fingerprint density at radius 1 is 0.939 bits per heavy atom. The zero-order valence-electron chi connectivity index (χ0n) is 19.9. The number of ether oxygens (including phenoxy) is 1. The highest BCUT2D eigenvalue weighted by molar-refractivity contribution is 6.12. The largest absolute Gasteiger partial charge is 0.493 e. The number of aryl methyl sites for hydroxylation is 3. The summed E-state index contributed by atoms with van der Waals surface area (Å²) in [7, 11) is 0. The second-order valence-electron chi connectivity index (χ2n) is 9.56. The molecule has 0 unspecified atom stereocenters. The number of nitrogens with zero attached hydrogens (tertiary/aromatic N) is 1. The van der Waals surface area contributed by atoms with E-state index >= 15 is 0 Å². The first kappa shape index (κ1) is 22.7. The summed E-state index contributed by atoms with van der Waals surface area (Å²) in [5, 5.41) is 23.3. The molecule has 4 rings (SSSR count). The maximum Gasteiger partial charge on any atom is 0.337 e. The van der Waals surface area contributed by atoms with Gasteiger partial charge in [0.1, 0.15) is 0 Å². The number of hydrogen-bond donors (Lipinski definition) is 2. The van der Waals surface area contributed by atoms with Crippen molar-refractivity contribution in [3.63, 3.8) is 0 Å². The fourth-order valence-electron chi connectivity index (χ4n) is 4.55. The van der Waals surface area contributed by atoms with Gasteiger partial charge in [-0.1, -0.05) is 48.0 Å². The Morgan fingerprint density at radius 2 is 1.55 bits per heavy atom. The summed E-state index contributed by atoms with van der Waals surface area (Å²) in [5.41, 5.74) is 4.92. The van der Waals surface area contributed by atoms with E-state index in [-0.39, 0.29) is 5.88 Å². The standard InChI is InChI=1S/C28H29NO4/c1-15-11-13-18(14-12-15)21-16(2)22-19-9-7-8-10-20(19)26(30)29-24(22)17(3)23(21)25(27(31)32)33-28(4,5)6/h7-14,25H,1-6H3,(H,29,30)(H,31,32)/t25-/m0/s1. The van der Waals surface area contributed by atoms with Crippen LogP contribution in [0, 0.1) is 20.8 Å². The minimum absolute atomic E-state index is 0.0711. The van der Waals surface area contributed by atoms with Crippen LogP contribution in [0.15, 0.2) is 48.5 Å². The second-order valence-corrected chi connectivity index (χ2v) is 9.56. The molecule has 0 aliphatic rings. The van der Waals surface area contributed by atoms with Gasteiger partial charge in [0.15, 0.2) is 6.10 Å². The predicted octanol–water partition coefficient (Wildman–Crippen LogP) is 6.63. The van der Waals surface area contributed by atoms with Crippen LogP contribution in [0.5, 0.6) is 5.88 Å². The van der Waals surface area contributed by atoms with E-state index < -0.39 is 17.7 Å². The number of carboxylic acid groups (broad SMARTS) is 1. The summed E-state index contributed by atoms with van der Waals surface area (Å²) < 4.78 is 6.08. The number of benzene rings is 3. The van der Waals surface area contributed by atoms with Crippen molar-refractivity contribution in [2.24, 2.45) is 0 Å². The molecular formula is C28H29NO4. The van der Waals surface area contributed by atoms with Crippen LogP contribution < -0.4 is 0 Å². The number of aromatic hydroxyl groups is 1. The van der Waals surface area contributed by atoms with Crippen molar-refractivity contribution in [2.45, 2.75) is 53.2 Å². The van der Waals surface area contributed by atoms with E-state index in [9.17, 15) is 15.0 Å². The molecule has 2 N–H and O–H groups in total. The summed E-state index contributed by atoms with van der Waals surface area (Å²) in [6.07, 6.45) is -1.19. The average molecular weight is 444 g/mol. The molecule has 33 heavy (non-hydrogen) atoms.